The third-order valence-electron chi connectivity index (χ3n) is 3.80. The van der Waals surface area contributed by atoms with Crippen molar-refractivity contribution in [1.29, 1.82) is 0 Å². The van der Waals surface area contributed by atoms with Gasteiger partial charge < -0.3 is 10.2 Å². The zero-order valence-corrected chi connectivity index (χ0v) is 13.9. The number of benzene rings is 2. The van der Waals surface area contributed by atoms with Crippen molar-refractivity contribution < 1.29 is 14.0 Å². The van der Waals surface area contributed by atoms with Gasteiger partial charge in [0.25, 0.3) is 0 Å². The second kappa shape index (κ2) is 6.79. The maximum absolute atomic E-state index is 13.0. The molecular formula is C17H13Cl2FN2O2. The number of hydrogen-bond donors (Lipinski definition) is 1. The molecule has 0 radical (unpaired) electrons. The highest BCUT2D eigenvalue weighted by atomic mass is 35.5. The molecule has 1 aliphatic heterocycles. The van der Waals surface area contributed by atoms with E-state index in [1.165, 1.54) is 17.0 Å². The first-order valence-electron chi connectivity index (χ1n) is 7.26. The molecule has 1 saturated heterocycles. The highest BCUT2D eigenvalue weighted by molar-refractivity contribution is 6.33. The number of carbonyl (C=O) groups excluding carboxylic acids is 2. The molecule has 1 heterocycles. The number of hydrogen-bond acceptors (Lipinski definition) is 2. The first-order chi connectivity index (χ1) is 11.4. The number of carbonyl (C=O) groups is 2. The van der Waals surface area contributed by atoms with Crippen molar-refractivity contribution in [1.82, 2.24) is 0 Å². The van der Waals surface area contributed by atoms with Crippen molar-refractivity contribution in [3.8, 4) is 0 Å². The summed E-state index contributed by atoms with van der Waals surface area (Å²) in [5, 5.41) is 3.27. The SMILES string of the molecule is O=C(Nc1ccc(F)cc1Cl)C1CC(=O)N(c2cccc(Cl)c2)C1. The maximum atomic E-state index is 13.0. The van der Waals surface area contributed by atoms with Gasteiger partial charge in [0.1, 0.15) is 5.82 Å². The molecule has 0 aliphatic carbocycles. The van der Waals surface area contributed by atoms with Crippen molar-refractivity contribution in [2.45, 2.75) is 6.42 Å². The van der Waals surface area contributed by atoms with Gasteiger partial charge in [0.05, 0.1) is 16.6 Å². The minimum atomic E-state index is -0.516. The topological polar surface area (TPSA) is 49.4 Å². The van der Waals surface area contributed by atoms with E-state index in [0.29, 0.717) is 16.4 Å². The van der Waals surface area contributed by atoms with Crippen LogP contribution in [0, 0.1) is 11.7 Å². The summed E-state index contributed by atoms with van der Waals surface area (Å²) in [4.78, 5) is 26.1. The van der Waals surface area contributed by atoms with E-state index < -0.39 is 11.7 Å². The second-order valence-corrected chi connectivity index (χ2v) is 6.34. The average molecular weight is 367 g/mol. The zero-order chi connectivity index (χ0) is 17.3. The predicted octanol–water partition coefficient (Wildman–Crippen LogP) is 4.12. The Labute approximate surface area is 148 Å². The number of nitrogens with zero attached hydrogens (tertiary/aromatic N) is 1. The Morgan fingerprint density at radius 3 is 2.71 bits per heavy atom. The fourth-order valence-corrected chi connectivity index (χ4v) is 3.00. The summed E-state index contributed by atoms with van der Waals surface area (Å²) in [6.45, 7) is 0.254. The quantitative estimate of drug-likeness (QED) is 0.887. The molecule has 24 heavy (non-hydrogen) atoms. The van der Waals surface area contributed by atoms with Crippen LogP contribution in [0.5, 0.6) is 0 Å². The number of halogens is 3. The van der Waals surface area contributed by atoms with Crippen LogP contribution in [0.3, 0.4) is 0 Å². The second-order valence-electron chi connectivity index (χ2n) is 5.50. The van der Waals surface area contributed by atoms with Crippen LogP contribution in [0.2, 0.25) is 10.0 Å². The number of anilines is 2. The standard InChI is InChI=1S/C17H13Cl2FN2O2/c18-11-2-1-3-13(7-11)22-9-10(6-16(22)23)17(24)21-15-5-4-12(20)8-14(15)19/h1-5,7-8,10H,6,9H2,(H,21,24). The van der Waals surface area contributed by atoms with Crippen molar-refractivity contribution in [2.24, 2.45) is 5.92 Å². The maximum Gasteiger partial charge on any atom is 0.229 e. The molecule has 0 aromatic heterocycles. The van der Waals surface area contributed by atoms with Gasteiger partial charge in [-0.1, -0.05) is 29.3 Å². The molecular weight excluding hydrogens is 354 g/mol. The van der Waals surface area contributed by atoms with E-state index in [-0.39, 0.29) is 29.8 Å². The van der Waals surface area contributed by atoms with Crippen molar-refractivity contribution in [3.05, 3.63) is 58.3 Å². The summed E-state index contributed by atoms with van der Waals surface area (Å²) >= 11 is 11.8. The summed E-state index contributed by atoms with van der Waals surface area (Å²) in [5.41, 5.74) is 0.972. The molecule has 3 rings (SSSR count). The van der Waals surface area contributed by atoms with Gasteiger partial charge in [0.15, 0.2) is 0 Å². The van der Waals surface area contributed by atoms with E-state index >= 15 is 0 Å². The summed E-state index contributed by atoms with van der Waals surface area (Å²) in [6, 6.07) is 10.6. The molecule has 0 saturated carbocycles. The molecule has 1 N–H and O–H groups in total. The number of rotatable bonds is 3. The van der Waals surface area contributed by atoms with E-state index in [2.05, 4.69) is 5.32 Å². The van der Waals surface area contributed by atoms with E-state index in [1.807, 2.05) is 0 Å². The van der Waals surface area contributed by atoms with Crippen molar-refractivity contribution >= 4 is 46.4 Å². The average Bonchev–Trinajstić information content (AvgIpc) is 2.92. The molecule has 0 spiro atoms. The van der Waals surface area contributed by atoms with E-state index in [0.717, 1.165) is 6.07 Å². The lowest BCUT2D eigenvalue weighted by Gasteiger charge is -2.17. The van der Waals surface area contributed by atoms with Crippen molar-refractivity contribution in [2.75, 3.05) is 16.8 Å². The minimum Gasteiger partial charge on any atom is -0.324 e. The van der Waals surface area contributed by atoms with E-state index in [4.69, 9.17) is 23.2 Å². The van der Waals surface area contributed by atoms with Gasteiger partial charge in [-0.25, -0.2) is 4.39 Å². The van der Waals surface area contributed by atoms with Crippen LogP contribution in [0.4, 0.5) is 15.8 Å². The molecule has 7 heteroatoms. The summed E-state index contributed by atoms with van der Waals surface area (Å²) < 4.78 is 13.0. The van der Waals surface area contributed by atoms with Gasteiger partial charge in [-0.2, -0.15) is 0 Å². The first-order valence-corrected chi connectivity index (χ1v) is 8.01. The summed E-state index contributed by atoms with van der Waals surface area (Å²) in [6.07, 6.45) is 0.0944. The third kappa shape index (κ3) is 3.52. The molecule has 0 bridgehead atoms. The Kier molecular flexibility index (Phi) is 4.73. The number of nitrogens with one attached hydrogen (secondary N) is 1. The van der Waals surface area contributed by atoms with E-state index in [1.54, 1.807) is 24.3 Å². The smallest absolute Gasteiger partial charge is 0.229 e. The van der Waals surface area contributed by atoms with Gasteiger partial charge in [-0.05, 0) is 36.4 Å². The van der Waals surface area contributed by atoms with Gasteiger partial charge in [-0.15, -0.1) is 0 Å². The highest BCUT2D eigenvalue weighted by Crippen LogP contribution is 2.29. The van der Waals surface area contributed by atoms with Gasteiger partial charge in [-0.3, -0.25) is 9.59 Å². The molecule has 2 aromatic carbocycles. The van der Waals surface area contributed by atoms with Crippen molar-refractivity contribution in [3.63, 3.8) is 0 Å². The summed E-state index contributed by atoms with van der Waals surface area (Å²) in [5.74, 6) is -1.48. The molecule has 124 valence electrons. The van der Waals surface area contributed by atoms with Crippen LogP contribution in [-0.4, -0.2) is 18.4 Å². The van der Waals surface area contributed by atoms with Crippen LogP contribution in [0.15, 0.2) is 42.5 Å². The Morgan fingerprint density at radius 2 is 2.00 bits per heavy atom. The van der Waals surface area contributed by atoms with Crippen LogP contribution in [-0.2, 0) is 9.59 Å². The highest BCUT2D eigenvalue weighted by Gasteiger charge is 2.35. The third-order valence-corrected chi connectivity index (χ3v) is 4.35. The van der Waals surface area contributed by atoms with Crippen LogP contribution in [0.1, 0.15) is 6.42 Å². The lowest BCUT2D eigenvalue weighted by atomic mass is 10.1. The Balaban J connectivity index is 1.72. The zero-order valence-electron chi connectivity index (χ0n) is 12.4. The molecule has 1 atom stereocenters. The molecule has 1 aliphatic rings. The molecule has 1 unspecified atom stereocenters. The molecule has 2 aromatic rings. The van der Waals surface area contributed by atoms with E-state index in [9.17, 15) is 14.0 Å². The van der Waals surface area contributed by atoms with Crippen LogP contribution < -0.4 is 10.2 Å². The Morgan fingerprint density at radius 1 is 1.21 bits per heavy atom. The first kappa shape index (κ1) is 16.7. The Bertz CT molecular complexity index is 813. The lowest BCUT2D eigenvalue weighted by molar-refractivity contribution is -0.122. The molecule has 1 fully saturated rings. The number of amides is 2. The lowest BCUT2D eigenvalue weighted by Crippen LogP contribution is -2.28. The fraction of sp³-hybridized carbons (Fsp3) is 0.176. The monoisotopic (exact) mass is 366 g/mol. The van der Waals surface area contributed by atoms with Crippen LogP contribution in [0.25, 0.3) is 0 Å². The largest absolute Gasteiger partial charge is 0.324 e. The van der Waals surface area contributed by atoms with Gasteiger partial charge in [0, 0.05) is 23.7 Å². The molecule has 2 amide bonds. The predicted molar refractivity (Wildman–Crippen MR) is 92.0 cm³/mol. The summed E-state index contributed by atoms with van der Waals surface area (Å²) in [7, 11) is 0. The minimum absolute atomic E-state index is 0.0944. The normalized spacial score (nSPS) is 17.2. The Hall–Kier alpha value is -2.11. The fourth-order valence-electron chi connectivity index (χ4n) is 2.60. The van der Waals surface area contributed by atoms with Crippen LogP contribution >= 0.6 is 23.2 Å². The van der Waals surface area contributed by atoms with Gasteiger partial charge >= 0.3 is 0 Å². The van der Waals surface area contributed by atoms with Gasteiger partial charge in [0.2, 0.25) is 11.8 Å². The molecule has 4 nitrogen and oxygen atoms in total.